The van der Waals surface area contributed by atoms with Crippen LogP contribution in [-0.4, -0.2) is 28.9 Å². The maximum Gasteiger partial charge on any atom is 0.175 e. The van der Waals surface area contributed by atoms with E-state index in [0.29, 0.717) is 5.82 Å². The summed E-state index contributed by atoms with van der Waals surface area (Å²) in [7, 11) is 4.06. The Morgan fingerprint density at radius 3 is 2.60 bits per heavy atom. The first-order chi connectivity index (χ1) is 12.2. The molecule has 5 nitrogen and oxygen atoms in total. The Morgan fingerprint density at radius 2 is 1.80 bits per heavy atom. The van der Waals surface area contributed by atoms with E-state index in [9.17, 15) is 0 Å². The van der Waals surface area contributed by atoms with Gasteiger partial charge >= 0.3 is 0 Å². The minimum Gasteiger partial charge on any atom is -0.463 e. The van der Waals surface area contributed by atoms with Crippen LogP contribution in [0.4, 0.5) is 5.69 Å². The number of benzene rings is 2. The lowest BCUT2D eigenvalue weighted by Gasteiger charge is -2.11. The Bertz CT molecular complexity index is 952. The number of para-hydroxylation sites is 1. The molecule has 4 rings (SSSR count). The summed E-state index contributed by atoms with van der Waals surface area (Å²) >= 11 is 0. The summed E-state index contributed by atoms with van der Waals surface area (Å²) in [5.74, 6) is 2.21. The van der Waals surface area contributed by atoms with E-state index < -0.39 is 0 Å². The maximum atomic E-state index is 5.59. The molecule has 25 heavy (non-hydrogen) atoms. The maximum absolute atomic E-state index is 5.59. The molecule has 0 atom stereocenters. The predicted molar refractivity (Wildman–Crippen MR) is 101 cm³/mol. The summed E-state index contributed by atoms with van der Waals surface area (Å²) in [4.78, 5) is 6.72. The zero-order chi connectivity index (χ0) is 17.2. The molecule has 0 bridgehead atoms. The SMILES string of the molecule is CN(C)c1ccc(/C=C/c2nc3n(n2)C=COc2ccccc2-3)cc1. The number of ether oxygens (including phenoxy) is 1. The normalized spacial score (nSPS) is 12.4. The van der Waals surface area contributed by atoms with Crippen LogP contribution in [0.25, 0.3) is 29.7 Å². The smallest absolute Gasteiger partial charge is 0.175 e. The topological polar surface area (TPSA) is 43.2 Å². The fourth-order valence-electron chi connectivity index (χ4n) is 2.67. The molecule has 124 valence electrons. The molecular weight excluding hydrogens is 312 g/mol. The van der Waals surface area contributed by atoms with Crippen molar-refractivity contribution in [2.45, 2.75) is 0 Å². The summed E-state index contributed by atoms with van der Waals surface area (Å²) in [6.45, 7) is 0. The molecule has 0 saturated heterocycles. The van der Waals surface area contributed by atoms with Crippen LogP contribution >= 0.6 is 0 Å². The summed E-state index contributed by atoms with van der Waals surface area (Å²) in [6.07, 6.45) is 7.33. The van der Waals surface area contributed by atoms with Gasteiger partial charge in [-0.05, 0) is 35.9 Å². The van der Waals surface area contributed by atoms with Crippen molar-refractivity contribution in [2.24, 2.45) is 0 Å². The van der Waals surface area contributed by atoms with Crippen LogP contribution < -0.4 is 9.64 Å². The van der Waals surface area contributed by atoms with Crippen molar-refractivity contribution in [1.82, 2.24) is 14.8 Å². The lowest BCUT2D eigenvalue weighted by molar-refractivity contribution is 0.487. The lowest BCUT2D eigenvalue weighted by Crippen LogP contribution is -2.07. The van der Waals surface area contributed by atoms with Crippen molar-refractivity contribution in [3.05, 3.63) is 66.2 Å². The number of hydrogen-bond donors (Lipinski definition) is 0. The van der Waals surface area contributed by atoms with Crippen molar-refractivity contribution in [3.63, 3.8) is 0 Å². The van der Waals surface area contributed by atoms with Crippen LogP contribution in [0.5, 0.6) is 5.75 Å². The molecule has 0 spiro atoms. The second-order valence-corrected chi connectivity index (χ2v) is 5.96. The van der Waals surface area contributed by atoms with E-state index in [1.807, 2.05) is 50.5 Å². The molecule has 1 aliphatic rings. The molecule has 5 heteroatoms. The molecule has 3 aromatic rings. The highest BCUT2D eigenvalue weighted by atomic mass is 16.5. The first kappa shape index (κ1) is 15.2. The molecule has 0 fully saturated rings. The zero-order valence-corrected chi connectivity index (χ0v) is 14.1. The van der Waals surface area contributed by atoms with Gasteiger partial charge in [0.15, 0.2) is 11.6 Å². The number of hydrogen-bond acceptors (Lipinski definition) is 4. The van der Waals surface area contributed by atoms with Crippen LogP contribution in [0, 0.1) is 0 Å². The van der Waals surface area contributed by atoms with Gasteiger partial charge in [-0.25, -0.2) is 9.67 Å². The molecule has 0 saturated carbocycles. The summed E-state index contributed by atoms with van der Waals surface area (Å²) in [5, 5.41) is 4.51. The Morgan fingerprint density at radius 1 is 1.00 bits per heavy atom. The van der Waals surface area contributed by atoms with Crippen molar-refractivity contribution in [3.8, 4) is 17.1 Å². The van der Waals surface area contributed by atoms with Crippen molar-refractivity contribution in [1.29, 1.82) is 0 Å². The quantitative estimate of drug-likeness (QED) is 0.728. The van der Waals surface area contributed by atoms with Crippen molar-refractivity contribution >= 4 is 24.0 Å². The van der Waals surface area contributed by atoms with Crippen LogP contribution in [0.1, 0.15) is 11.4 Å². The van der Waals surface area contributed by atoms with Crippen molar-refractivity contribution in [2.75, 3.05) is 19.0 Å². The zero-order valence-electron chi connectivity index (χ0n) is 14.1. The average molecular weight is 330 g/mol. The second-order valence-electron chi connectivity index (χ2n) is 5.96. The summed E-state index contributed by atoms with van der Waals surface area (Å²) < 4.78 is 7.32. The van der Waals surface area contributed by atoms with E-state index in [1.165, 1.54) is 5.69 Å². The fourth-order valence-corrected chi connectivity index (χ4v) is 2.67. The number of nitrogens with zero attached hydrogens (tertiary/aromatic N) is 4. The minimum atomic E-state index is 0.660. The summed E-state index contributed by atoms with van der Waals surface area (Å²) in [5.41, 5.74) is 3.20. The van der Waals surface area contributed by atoms with E-state index in [1.54, 1.807) is 17.1 Å². The number of fused-ring (bicyclic) bond motifs is 3. The van der Waals surface area contributed by atoms with Gasteiger partial charge in [-0.15, -0.1) is 5.10 Å². The van der Waals surface area contributed by atoms with Crippen LogP contribution in [0.2, 0.25) is 0 Å². The minimum absolute atomic E-state index is 0.660. The largest absolute Gasteiger partial charge is 0.463 e. The van der Waals surface area contributed by atoms with Crippen LogP contribution in [-0.2, 0) is 0 Å². The highest BCUT2D eigenvalue weighted by Gasteiger charge is 2.15. The van der Waals surface area contributed by atoms with E-state index in [4.69, 9.17) is 4.74 Å². The van der Waals surface area contributed by atoms with Gasteiger partial charge in [0.1, 0.15) is 12.0 Å². The third kappa shape index (κ3) is 3.04. The van der Waals surface area contributed by atoms with E-state index >= 15 is 0 Å². The van der Waals surface area contributed by atoms with Gasteiger partial charge in [0, 0.05) is 19.8 Å². The van der Waals surface area contributed by atoms with Gasteiger partial charge in [-0.3, -0.25) is 0 Å². The number of rotatable bonds is 3. The van der Waals surface area contributed by atoms with E-state index in [2.05, 4.69) is 39.2 Å². The molecule has 0 unspecified atom stereocenters. The summed E-state index contributed by atoms with van der Waals surface area (Å²) in [6, 6.07) is 16.1. The lowest BCUT2D eigenvalue weighted by atomic mass is 10.2. The molecule has 2 heterocycles. The first-order valence-corrected chi connectivity index (χ1v) is 8.05. The van der Waals surface area contributed by atoms with Crippen LogP contribution in [0.3, 0.4) is 0 Å². The van der Waals surface area contributed by atoms with Crippen LogP contribution in [0.15, 0.2) is 54.8 Å². The van der Waals surface area contributed by atoms with E-state index in [-0.39, 0.29) is 0 Å². The Hall–Kier alpha value is -3.34. The molecule has 2 aromatic carbocycles. The molecule has 1 aromatic heterocycles. The number of aromatic nitrogens is 3. The third-order valence-electron chi connectivity index (χ3n) is 4.01. The van der Waals surface area contributed by atoms with Gasteiger partial charge < -0.3 is 9.64 Å². The van der Waals surface area contributed by atoms with Gasteiger partial charge in [0.25, 0.3) is 0 Å². The van der Waals surface area contributed by atoms with Gasteiger partial charge in [0.2, 0.25) is 0 Å². The fraction of sp³-hybridized carbons (Fsp3) is 0.100. The predicted octanol–water partition coefficient (Wildman–Crippen LogP) is 4.00. The Labute approximate surface area is 146 Å². The standard InChI is InChI=1S/C20H18N4O/c1-23(2)16-10-7-15(8-11-16)9-12-19-21-20-17-5-3-4-6-18(17)25-14-13-24(20)22-19/h3-14H,1-2H3/b12-9+. The molecular formula is C20H18N4O. The molecule has 0 aliphatic carbocycles. The molecule has 1 aliphatic heterocycles. The average Bonchev–Trinajstić information content (AvgIpc) is 2.96. The highest BCUT2D eigenvalue weighted by molar-refractivity contribution is 5.71. The third-order valence-corrected chi connectivity index (χ3v) is 4.01. The molecule has 0 radical (unpaired) electrons. The number of anilines is 1. The molecule has 0 N–H and O–H groups in total. The monoisotopic (exact) mass is 330 g/mol. The van der Waals surface area contributed by atoms with E-state index in [0.717, 1.165) is 22.7 Å². The van der Waals surface area contributed by atoms with Crippen molar-refractivity contribution < 1.29 is 4.74 Å². The Balaban J connectivity index is 1.63. The highest BCUT2D eigenvalue weighted by Crippen LogP contribution is 2.31. The molecule has 0 amide bonds. The van der Waals surface area contributed by atoms with Gasteiger partial charge in [-0.2, -0.15) is 0 Å². The van der Waals surface area contributed by atoms with Gasteiger partial charge in [0.05, 0.1) is 11.8 Å². The second kappa shape index (κ2) is 6.28. The van der Waals surface area contributed by atoms with Gasteiger partial charge in [-0.1, -0.05) is 30.3 Å². The first-order valence-electron chi connectivity index (χ1n) is 8.05. The Kier molecular flexibility index (Phi) is 3.82.